The third-order valence-corrected chi connectivity index (χ3v) is 6.83. The number of rotatable bonds is 6. The second-order valence-corrected chi connectivity index (χ2v) is 10.7. The van der Waals surface area contributed by atoms with E-state index in [0.29, 0.717) is 22.2 Å². The van der Waals surface area contributed by atoms with Crippen LogP contribution in [0.25, 0.3) is 11.6 Å². The fourth-order valence-electron chi connectivity index (χ4n) is 2.78. The molecule has 0 amide bonds. The molecule has 0 radical (unpaired) electrons. The number of aromatic nitrogens is 6. The highest BCUT2D eigenvalue weighted by molar-refractivity contribution is 7.10. The van der Waals surface area contributed by atoms with Crippen molar-refractivity contribution in [2.45, 2.75) is 6.42 Å². The van der Waals surface area contributed by atoms with Gasteiger partial charge in [0.05, 0.1) is 27.9 Å². The van der Waals surface area contributed by atoms with Crippen molar-refractivity contribution in [3.63, 3.8) is 0 Å². The van der Waals surface area contributed by atoms with Crippen LogP contribution in [-0.2, 0) is 6.42 Å². The zero-order valence-corrected chi connectivity index (χ0v) is 26.0. The summed E-state index contributed by atoms with van der Waals surface area (Å²) in [5.41, 5.74) is -1.07. The fourth-order valence-corrected chi connectivity index (χ4v) is 4.15. The Kier molecular flexibility index (Phi) is 14.6. The van der Waals surface area contributed by atoms with Gasteiger partial charge in [-0.15, -0.1) is 0 Å². The van der Waals surface area contributed by atoms with Gasteiger partial charge in [0.1, 0.15) is 36.3 Å². The molecule has 0 aliphatic rings. The molecule has 4 N–H and O–H groups in total. The van der Waals surface area contributed by atoms with Crippen LogP contribution in [0.3, 0.4) is 0 Å². The molecule has 3 aromatic heterocycles. The number of phenolic OH excluding ortho intramolecular Hbond substituents is 4. The summed E-state index contributed by atoms with van der Waals surface area (Å²) in [4.78, 5) is 40.7. The standard InChI is InChI=1S/C11H6N4O4S.C7H5NO5.C4H3N3S.C2HClN2S/c12-4-7(11-13-5-14-20-11)1-6-2-8(15(18)19)10(17)9(16)3-6;9-3-4-1-5(8(12)13)7(11)6(10)2-4;5-2-1-4-6-3-7-8-4;3-2-4-1-5-6-2/h1-3,5,16-17H;1-3,10-11H;3H,1H2;1H/b7-1+;;;. The van der Waals surface area contributed by atoms with Crippen LogP contribution in [-0.4, -0.2) is 64.6 Å². The fraction of sp³-hybridized carbons (Fsp3) is 0.0417. The topological polar surface area (TPSA) is 309 Å². The second kappa shape index (κ2) is 18.6. The molecular weight excluding hydrogens is 704 g/mol. The Hall–Kier alpha value is -6.20. The number of hydrogen-bond acceptors (Lipinski definition) is 20. The molecule has 5 rings (SSSR count). The van der Waals surface area contributed by atoms with E-state index in [1.54, 1.807) is 0 Å². The van der Waals surface area contributed by atoms with Crippen LogP contribution in [0, 0.1) is 42.9 Å². The average Bonchev–Trinajstić information content (AvgIpc) is 3.85. The number of nitrogens with zero attached hydrogens (tertiary/aromatic N) is 10. The molecule has 0 bridgehead atoms. The first-order valence-corrected chi connectivity index (χ1v) is 14.4. The van der Waals surface area contributed by atoms with Crippen molar-refractivity contribution in [1.82, 2.24) is 28.1 Å². The number of nitro groups is 2. The number of hydrogen-bond donors (Lipinski definition) is 4. The van der Waals surface area contributed by atoms with Crippen molar-refractivity contribution >= 4 is 75.5 Å². The summed E-state index contributed by atoms with van der Waals surface area (Å²) in [6, 6.07) is 7.85. The van der Waals surface area contributed by atoms with Gasteiger partial charge in [-0.25, -0.2) is 15.0 Å². The third kappa shape index (κ3) is 11.7. The predicted octanol–water partition coefficient (Wildman–Crippen LogP) is 4.54. The first kappa shape index (κ1) is 37.0. The number of benzene rings is 2. The van der Waals surface area contributed by atoms with Crippen LogP contribution >= 0.6 is 46.2 Å². The monoisotopic (exact) mass is 718 g/mol. The van der Waals surface area contributed by atoms with Crippen LogP contribution < -0.4 is 0 Å². The maximum absolute atomic E-state index is 10.7. The zero-order valence-electron chi connectivity index (χ0n) is 22.8. The van der Waals surface area contributed by atoms with E-state index in [0.717, 1.165) is 40.8 Å². The second-order valence-electron chi connectivity index (χ2n) is 7.73. The van der Waals surface area contributed by atoms with Crippen LogP contribution in [0.2, 0.25) is 4.47 Å². The largest absolute Gasteiger partial charge is 0.504 e. The number of allylic oxidation sites excluding steroid dienone is 1. The molecule has 47 heavy (non-hydrogen) atoms. The van der Waals surface area contributed by atoms with Crippen molar-refractivity contribution in [2.24, 2.45) is 0 Å². The third-order valence-electron chi connectivity index (χ3n) is 4.71. The highest BCUT2D eigenvalue weighted by atomic mass is 35.5. The minimum absolute atomic E-state index is 0.0676. The van der Waals surface area contributed by atoms with Crippen LogP contribution in [0.15, 0.2) is 43.2 Å². The molecule has 0 unspecified atom stereocenters. The minimum atomic E-state index is -0.887. The molecule has 240 valence electrons. The molecule has 5 aromatic rings. The van der Waals surface area contributed by atoms with Crippen molar-refractivity contribution in [2.75, 3.05) is 0 Å². The first-order chi connectivity index (χ1) is 22.4. The van der Waals surface area contributed by atoms with Gasteiger partial charge in [0.25, 0.3) is 0 Å². The maximum Gasteiger partial charge on any atom is 0.315 e. The molecule has 0 fully saturated rings. The Morgan fingerprint density at radius 1 is 0.830 bits per heavy atom. The molecule has 2 aromatic carbocycles. The van der Waals surface area contributed by atoms with E-state index in [-0.39, 0.29) is 16.7 Å². The molecule has 0 atom stereocenters. The lowest BCUT2D eigenvalue weighted by Gasteiger charge is -2.01. The molecular formula is C24H15ClN10O9S3. The van der Waals surface area contributed by atoms with Gasteiger partial charge < -0.3 is 20.4 Å². The van der Waals surface area contributed by atoms with Gasteiger partial charge in [0, 0.05) is 17.7 Å². The Bertz CT molecular complexity index is 1930. The lowest BCUT2D eigenvalue weighted by atomic mass is 10.1. The smallest absolute Gasteiger partial charge is 0.315 e. The Balaban J connectivity index is 0.000000242. The number of nitro benzene ring substituents is 2. The Morgan fingerprint density at radius 3 is 1.77 bits per heavy atom. The van der Waals surface area contributed by atoms with E-state index in [9.17, 15) is 35.2 Å². The highest BCUT2D eigenvalue weighted by Crippen LogP contribution is 2.37. The molecule has 0 saturated carbocycles. The lowest BCUT2D eigenvalue weighted by Crippen LogP contribution is -1.91. The summed E-state index contributed by atoms with van der Waals surface area (Å²) in [6.45, 7) is 0. The summed E-state index contributed by atoms with van der Waals surface area (Å²) in [5.74, 6) is -2.98. The Morgan fingerprint density at radius 2 is 1.36 bits per heavy atom. The van der Waals surface area contributed by atoms with Crippen LogP contribution in [0.5, 0.6) is 23.0 Å². The number of aldehydes is 1. The maximum atomic E-state index is 10.7. The molecule has 0 aliphatic heterocycles. The van der Waals surface area contributed by atoms with E-state index in [1.165, 1.54) is 48.1 Å². The molecule has 19 nitrogen and oxygen atoms in total. The average molecular weight is 719 g/mol. The van der Waals surface area contributed by atoms with E-state index >= 15 is 0 Å². The van der Waals surface area contributed by atoms with Crippen molar-refractivity contribution in [3.05, 3.63) is 89.1 Å². The summed E-state index contributed by atoms with van der Waals surface area (Å²) in [7, 11) is 0. The lowest BCUT2D eigenvalue weighted by molar-refractivity contribution is -0.386. The predicted molar refractivity (Wildman–Crippen MR) is 166 cm³/mol. The summed E-state index contributed by atoms with van der Waals surface area (Å²) in [6.07, 6.45) is 6.19. The van der Waals surface area contributed by atoms with E-state index < -0.39 is 44.2 Å². The summed E-state index contributed by atoms with van der Waals surface area (Å²) < 4.78 is 11.6. The Labute approximate surface area is 279 Å². The molecule has 0 saturated heterocycles. The van der Waals surface area contributed by atoms with Crippen molar-refractivity contribution < 1.29 is 35.1 Å². The van der Waals surface area contributed by atoms with E-state index in [4.69, 9.17) is 32.3 Å². The van der Waals surface area contributed by atoms with Crippen molar-refractivity contribution in [3.8, 4) is 35.1 Å². The van der Waals surface area contributed by atoms with Gasteiger partial charge >= 0.3 is 11.4 Å². The van der Waals surface area contributed by atoms with Gasteiger partial charge in [0.2, 0.25) is 16.0 Å². The van der Waals surface area contributed by atoms with Gasteiger partial charge in [-0.3, -0.25) is 25.0 Å². The SMILES string of the molecule is Clc1ncns1.N#C/C(=C\c1cc(O)c(O)c([N+](=O)[O-])c1)c1ncns1.N#CCc1ncns1.O=Cc1cc(O)c(O)c([N+](=O)[O-])c1. The minimum Gasteiger partial charge on any atom is -0.504 e. The first-order valence-electron chi connectivity index (χ1n) is 11.7. The molecule has 0 spiro atoms. The summed E-state index contributed by atoms with van der Waals surface area (Å²) >= 11 is 8.74. The highest BCUT2D eigenvalue weighted by Gasteiger charge is 2.19. The van der Waals surface area contributed by atoms with E-state index in [1.807, 2.05) is 12.1 Å². The van der Waals surface area contributed by atoms with Gasteiger partial charge in [-0.2, -0.15) is 23.6 Å². The summed E-state index contributed by atoms with van der Waals surface area (Å²) in [5, 5.41) is 76.0. The number of nitriles is 2. The number of carbonyl (C=O) groups is 1. The number of carbonyl (C=O) groups excluding carboxylic acids is 1. The van der Waals surface area contributed by atoms with Gasteiger partial charge in [0.15, 0.2) is 16.5 Å². The number of aromatic hydroxyl groups is 4. The quantitative estimate of drug-likeness (QED) is 0.0615. The van der Waals surface area contributed by atoms with Crippen molar-refractivity contribution in [1.29, 1.82) is 10.5 Å². The molecule has 0 aliphatic carbocycles. The van der Waals surface area contributed by atoms with Gasteiger partial charge in [-0.1, -0.05) is 0 Å². The van der Waals surface area contributed by atoms with Crippen LogP contribution in [0.4, 0.5) is 11.4 Å². The molecule has 23 heteroatoms. The van der Waals surface area contributed by atoms with Gasteiger partial charge in [-0.05, 0) is 70.0 Å². The van der Waals surface area contributed by atoms with E-state index in [2.05, 4.69) is 28.1 Å². The normalized spacial score (nSPS) is 9.89. The van der Waals surface area contributed by atoms with Crippen LogP contribution in [0.1, 0.15) is 25.9 Å². The number of phenols is 4. The zero-order chi connectivity index (χ0) is 34.9. The molecule has 3 heterocycles. The number of halogens is 1.